The zero-order chi connectivity index (χ0) is 15.6. The maximum absolute atomic E-state index is 13.3. The Labute approximate surface area is 123 Å². The van der Waals surface area contributed by atoms with Crippen molar-refractivity contribution < 1.29 is 9.18 Å². The number of carbonyl (C=O) groups is 1. The van der Waals surface area contributed by atoms with Crippen molar-refractivity contribution in [2.45, 2.75) is 6.92 Å². The van der Waals surface area contributed by atoms with Crippen LogP contribution in [0.5, 0.6) is 0 Å². The average Bonchev–Trinajstić information content (AvgIpc) is 2.39. The number of hydrogen-bond donors (Lipinski definition) is 2. The lowest BCUT2D eigenvalue weighted by molar-refractivity contribution is 0.102. The third-order valence-electron chi connectivity index (χ3n) is 3.13. The molecule has 0 saturated carbocycles. The molecule has 0 aliphatic rings. The fourth-order valence-corrected chi connectivity index (χ4v) is 2.12. The van der Waals surface area contributed by atoms with Gasteiger partial charge in [-0.1, -0.05) is 6.07 Å². The fourth-order valence-electron chi connectivity index (χ4n) is 2.12. The van der Waals surface area contributed by atoms with Crippen LogP contribution in [-0.4, -0.2) is 20.0 Å². The molecule has 0 spiro atoms. The molecule has 2 aromatic rings. The first-order valence-corrected chi connectivity index (χ1v) is 6.52. The van der Waals surface area contributed by atoms with E-state index < -0.39 is 11.7 Å². The summed E-state index contributed by atoms with van der Waals surface area (Å²) in [7, 11) is 3.86. The third-order valence-corrected chi connectivity index (χ3v) is 3.13. The fraction of sp³-hybridized carbons (Fsp3) is 0.188. The molecule has 2 rings (SSSR count). The summed E-state index contributed by atoms with van der Waals surface area (Å²) in [5.74, 6) is -0.923. The molecule has 0 aromatic heterocycles. The number of nitrogens with zero attached hydrogens (tertiary/aromatic N) is 1. The van der Waals surface area contributed by atoms with Crippen LogP contribution in [0.4, 0.5) is 21.5 Å². The predicted octanol–water partition coefficient (Wildman–Crippen LogP) is 3.03. The van der Waals surface area contributed by atoms with Crippen molar-refractivity contribution in [1.29, 1.82) is 0 Å². The summed E-state index contributed by atoms with van der Waals surface area (Å²) in [5.41, 5.74) is 8.72. The minimum atomic E-state index is -0.530. The summed E-state index contributed by atoms with van der Waals surface area (Å²) < 4.78 is 13.3. The van der Waals surface area contributed by atoms with Gasteiger partial charge < -0.3 is 16.0 Å². The number of rotatable bonds is 3. The van der Waals surface area contributed by atoms with Crippen LogP contribution >= 0.6 is 0 Å². The minimum Gasteiger partial charge on any atom is -0.399 e. The van der Waals surface area contributed by atoms with Gasteiger partial charge in [-0.3, -0.25) is 4.79 Å². The highest BCUT2D eigenvalue weighted by Crippen LogP contribution is 2.23. The van der Waals surface area contributed by atoms with E-state index in [1.807, 2.05) is 44.1 Å². The minimum absolute atomic E-state index is 0.194. The molecule has 21 heavy (non-hydrogen) atoms. The molecule has 0 heterocycles. The maximum atomic E-state index is 13.3. The van der Waals surface area contributed by atoms with Crippen LogP contribution < -0.4 is 16.0 Å². The second kappa shape index (κ2) is 5.83. The highest BCUT2D eigenvalue weighted by Gasteiger charge is 2.10. The number of nitrogens with two attached hydrogens (primary N) is 1. The molecule has 0 bridgehead atoms. The van der Waals surface area contributed by atoms with E-state index in [-0.39, 0.29) is 11.3 Å². The van der Waals surface area contributed by atoms with Gasteiger partial charge in [-0.15, -0.1) is 0 Å². The van der Waals surface area contributed by atoms with E-state index in [4.69, 9.17) is 5.73 Å². The molecule has 0 aliphatic carbocycles. The summed E-state index contributed by atoms with van der Waals surface area (Å²) in [5, 5.41) is 2.75. The quantitative estimate of drug-likeness (QED) is 0.853. The Morgan fingerprint density at radius 3 is 2.52 bits per heavy atom. The van der Waals surface area contributed by atoms with E-state index in [1.54, 1.807) is 0 Å². The Bertz CT molecular complexity index is 663. The van der Waals surface area contributed by atoms with Crippen molar-refractivity contribution in [3.05, 3.63) is 53.3 Å². The van der Waals surface area contributed by atoms with Crippen LogP contribution in [0.25, 0.3) is 0 Å². The summed E-state index contributed by atoms with van der Waals surface area (Å²) in [6.07, 6.45) is 0. The molecule has 1 amide bonds. The number of anilines is 3. The highest BCUT2D eigenvalue weighted by molar-refractivity contribution is 6.05. The smallest absolute Gasteiger partial charge is 0.255 e. The van der Waals surface area contributed by atoms with Gasteiger partial charge >= 0.3 is 0 Å². The van der Waals surface area contributed by atoms with Crippen LogP contribution in [0.15, 0.2) is 36.4 Å². The van der Waals surface area contributed by atoms with Crippen LogP contribution in [-0.2, 0) is 0 Å². The van der Waals surface area contributed by atoms with Crippen LogP contribution in [0, 0.1) is 12.7 Å². The van der Waals surface area contributed by atoms with Crippen molar-refractivity contribution in [2.24, 2.45) is 0 Å². The lowest BCUT2D eigenvalue weighted by atomic mass is 10.1. The van der Waals surface area contributed by atoms with Crippen molar-refractivity contribution in [1.82, 2.24) is 0 Å². The Morgan fingerprint density at radius 1 is 1.19 bits per heavy atom. The van der Waals surface area contributed by atoms with Gasteiger partial charge in [0, 0.05) is 36.7 Å². The number of nitrogen functional groups attached to an aromatic ring is 1. The topological polar surface area (TPSA) is 58.4 Å². The number of amides is 1. The Hall–Kier alpha value is -2.56. The lowest BCUT2D eigenvalue weighted by Crippen LogP contribution is -2.14. The molecule has 0 unspecified atom stereocenters. The molecule has 5 heteroatoms. The molecule has 4 nitrogen and oxygen atoms in total. The predicted molar refractivity (Wildman–Crippen MR) is 84.3 cm³/mol. The third kappa shape index (κ3) is 3.51. The van der Waals surface area contributed by atoms with E-state index in [1.165, 1.54) is 12.1 Å². The standard InChI is InChI=1S/C16H18FN3O/c1-10-4-5-14(9-15(10)20(2)3)19-16(21)11-6-12(17)8-13(18)7-11/h4-9H,18H2,1-3H3,(H,19,21). The second-order valence-electron chi connectivity index (χ2n) is 5.12. The Kier molecular flexibility index (Phi) is 4.12. The van der Waals surface area contributed by atoms with Crippen LogP contribution in [0.2, 0.25) is 0 Å². The Morgan fingerprint density at radius 2 is 1.90 bits per heavy atom. The summed E-state index contributed by atoms with van der Waals surface area (Å²) >= 11 is 0. The van der Waals surface area contributed by atoms with Gasteiger partial charge in [0.05, 0.1) is 0 Å². The van der Waals surface area contributed by atoms with Crippen LogP contribution in [0.3, 0.4) is 0 Å². The molecule has 2 aromatic carbocycles. The summed E-state index contributed by atoms with van der Waals surface area (Å²) in [6.45, 7) is 1.99. The number of halogens is 1. The number of carbonyl (C=O) groups excluding carboxylic acids is 1. The van der Waals surface area contributed by atoms with Gasteiger partial charge in [0.2, 0.25) is 0 Å². The first-order chi connectivity index (χ1) is 9.86. The van der Waals surface area contributed by atoms with Gasteiger partial charge in [0.25, 0.3) is 5.91 Å². The number of hydrogen-bond acceptors (Lipinski definition) is 3. The van der Waals surface area contributed by atoms with Crippen LogP contribution in [0.1, 0.15) is 15.9 Å². The highest BCUT2D eigenvalue weighted by atomic mass is 19.1. The maximum Gasteiger partial charge on any atom is 0.255 e. The van der Waals surface area contributed by atoms with E-state index in [9.17, 15) is 9.18 Å². The molecule has 0 radical (unpaired) electrons. The molecule has 0 atom stereocenters. The van der Waals surface area contributed by atoms with Gasteiger partial charge in [-0.05, 0) is 42.8 Å². The first kappa shape index (κ1) is 14.8. The van der Waals surface area contributed by atoms with Crippen molar-refractivity contribution in [3.8, 4) is 0 Å². The molecule has 0 saturated heterocycles. The van der Waals surface area contributed by atoms with Gasteiger partial charge in [0.15, 0.2) is 0 Å². The van der Waals surface area contributed by atoms with Crippen molar-refractivity contribution in [2.75, 3.05) is 30.0 Å². The monoisotopic (exact) mass is 287 g/mol. The number of nitrogens with one attached hydrogen (secondary N) is 1. The average molecular weight is 287 g/mol. The normalized spacial score (nSPS) is 10.3. The Balaban J connectivity index is 2.25. The second-order valence-corrected chi connectivity index (χ2v) is 5.12. The molecule has 0 aliphatic heterocycles. The van der Waals surface area contributed by atoms with Crippen molar-refractivity contribution >= 4 is 23.0 Å². The summed E-state index contributed by atoms with van der Waals surface area (Å²) in [6, 6.07) is 9.38. The van der Waals surface area contributed by atoms with Gasteiger partial charge in [-0.2, -0.15) is 0 Å². The largest absolute Gasteiger partial charge is 0.399 e. The molecular weight excluding hydrogens is 269 g/mol. The lowest BCUT2D eigenvalue weighted by Gasteiger charge is -2.17. The first-order valence-electron chi connectivity index (χ1n) is 6.52. The molecular formula is C16H18FN3O. The molecule has 0 fully saturated rings. The number of aryl methyl sites for hydroxylation is 1. The zero-order valence-corrected chi connectivity index (χ0v) is 12.3. The van der Waals surface area contributed by atoms with E-state index in [2.05, 4.69) is 5.32 Å². The van der Waals surface area contributed by atoms with E-state index in [0.717, 1.165) is 17.3 Å². The summed E-state index contributed by atoms with van der Waals surface area (Å²) in [4.78, 5) is 14.1. The van der Waals surface area contributed by atoms with E-state index >= 15 is 0 Å². The molecule has 110 valence electrons. The molecule has 3 N–H and O–H groups in total. The van der Waals surface area contributed by atoms with E-state index in [0.29, 0.717) is 5.69 Å². The zero-order valence-electron chi connectivity index (χ0n) is 12.3. The van der Waals surface area contributed by atoms with Crippen molar-refractivity contribution in [3.63, 3.8) is 0 Å². The SMILES string of the molecule is Cc1ccc(NC(=O)c2cc(N)cc(F)c2)cc1N(C)C. The van der Waals surface area contributed by atoms with Gasteiger partial charge in [0.1, 0.15) is 5.82 Å². The van der Waals surface area contributed by atoms with Gasteiger partial charge in [-0.25, -0.2) is 4.39 Å². The number of benzene rings is 2.